The van der Waals surface area contributed by atoms with Gasteiger partial charge in [0.1, 0.15) is 0 Å². The highest BCUT2D eigenvalue weighted by molar-refractivity contribution is 7.13. The molecule has 0 aliphatic heterocycles. The van der Waals surface area contributed by atoms with Crippen LogP contribution in [-0.4, -0.2) is 31.9 Å². The Labute approximate surface area is 190 Å². The van der Waals surface area contributed by atoms with E-state index in [1.807, 2.05) is 18.2 Å². The number of urea groups is 1. The number of thiophene rings is 1. The van der Waals surface area contributed by atoms with Crippen molar-refractivity contribution in [2.75, 3.05) is 26.6 Å². The van der Waals surface area contributed by atoms with Crippen molar-refractivity contribution in [1.82, 2.24) is 9.88 Å². The van der Waals surface area contributed by atoms with E-state index in [0.29, 0.717) is 29.5 Å². The predicted octanol–water partition coefficient (Wildman–Crippen LogP) is 5.25. The van der Waals surface area contributed by atoms with Crippen molar-refractivity contribution in [1.29, 1.82) is 0 Å². The van der Waals surface area contributed by atoms with Crippen LogP contribution in [0.25, 0.3) is 21.5 Å². The minimum Gasteiger partial charge on any atom is -0.493 e. The molecule has 0 bridgehead atoms. The smallest absolute Gasteiger partial charge is 0.319 e. The number of rotatable bonds is 7. The second kappa shape index (κ2) is 9.23. The Hall–Kier alpha value is -3.65. The standard InChI is InChI=1S/C24H25N3O4S/c1-27-18-9-6-5-8-16(18)17(22(27)21-10-7-11-32-21)14-25-24(28)26-15-12-19(29-2)23(31-4)20(13-15)30-3/h5-13H,14H2,1-4H3,(H2,25,26,28). The van der Waals surface area contributed by atoms with Crippen LogP contribution >= 0.6 is 11.3 Å². The minimum absolute atomic E-state index is 0.329. The number of fused-ring (bicyclic) bond motifs is 1. The van der Waals surface area contributed by atoms with Crippen molar-refractivity contribution in [2.24, 2.45) is 7.05 Å². The summed E-state index contributed by atoms with van der Waals surface area (Å²) in [6.45, 7) is 0.380. The fraction of sp³-hybridized carbons (Fsp3) is 0.208. The maximum absolute atomic E-state index is 12.7. The maximum Gasteiger partial charge on any atom is 0.319 e. The number of hydrogen-bond acceptors (Lipinski definition) is 5. The summed E-state index contributed by atoms with van der Waals surface area (Å²) in [5.41, 5.74) is 3.84. The molecule has 7 nitrogen and oxygen atoms in total. The summed E-state index contributed by atoms with van der Waals surface area (Å²) in [5.74, 6) is 1.41. The molecule has 2 N–H and O–H groups in total. The van der Waals surface area contributed by atoms with E-state index in [2.05, 4.69) is 45.8 Å². The zero-order chi connectivity index (χ0) is 22.7. The summed E-state index contributed by atoms with van der Waals surface area (Å²) in [6, 6.07) is 15.4. The van der Waals surface area contributed by atoms with E-state index < -0.39 is 0 Å². The molecule has 0 saturated heterocycles. The van der Waals surface area contributed by atoms with Crippen LogP contribution in [0.2, 0.25) is 0 Å². The van der Waals surface area contributed by atoms with Gasteiger partial charge in [-0.1, -0.05) is 24.3 Å². The van der Waals surface area contributed by atoms with Gasteiger partial charge < -0.3 is 29.4 Å². The Balaban J connectivity index is 1.59. The lowest BCUT2D eigenvalue weighted by atomic mass is 10.1. The van der Waals surface area contributed by atoms with Crippen LogP contribution in [0.4, 0.5) is 10.5 Å². The second-order valence-corrected chi connectivity index (χ2v) is 8.05. The Morgan fingerprint density at radius 2 is 1.72 bits per heavy atom. The van der Waals surface area contributed by atoms with Crippen LogP contribution in [0.1, 0.15) is 5.56 Å². The lowest BCUT2D eigenvalue weighted by Gasteiger charge is -2.15. The normalized spacial score (nSPS) is 10.8. The largest absolute Gasteiger partial charge is 0.493 e. The Kier molecular flexibility index (Phi) is 6.23. The first-order chi connectivity index (χ1) is 15.6. The summed E-state index contributed by atoms with van der Waals surface area (Å²) >= 11 is 1.68. The van der Waals surface area contributed by atoms with Gasteiger partial charge in [-0.3, -0.25) is 0 Å². The maximum atomic E-state index is 12.7. The molecule has 0 fully saturated rings. The number of methoxy groups -OCH3 is 3. The third kappa shape index (κ3) is 3.97. The highest BCUT2D eigenvalue weighted by atomic mass is 32.1. The molecule has 4 rings (SSSR count). The molecule has 166 valence electrons. The molecule has 2 aromatic carbocycles. The van der Waals surface area contributed by atoms with Gasteiger partial charge in [-0.15, -0.1) is 11.3 Å². The third-order valence-electron chi connectivity index (χ3n) is 5.31. The van der Waals surface area contributed by atoms with Crippen molar-refractivity contribution >= 4 is 34.0 Å². The van der Waals surface area contributed by atoms with E-state index >= 15 is 0 Å². The molecule has 0 radical (unpaired) electrons. The number of nitrogens with zero attached hydrogens (tertiary/aromatic N) is 1. The molecule has 2 heterocycles. The van der Waals surface area contributed by atoms with E-state index in [0.717, 1.165) is 27.0 Å². The van der Waals surface area contributed by atoms with Crippen molar-refractivity contribution in [3.63, 3.8) is 0 Å². The molecule has 2 amide bonds. The molecule has 0 aliphatic carbocycles. The van der Waals surface area contributed by atoms with Gasteiger partial charge in [0.05, 0.1) is 37.6 Å². The van der Waals surface area contributed by atoms with E-state index in [9.17, 15) is 4.79 Å². The van der Waals surface area contributed by atoms with Crippen LogP contribution in [-0.2, 0) is 13.6 Å². The number of anilines is 1. The van der Waals surface area contributed by atoms with E-state index in [-0.39, 0.29) is 6.03 Å². The first-order valence-corrected chi connectivity index (χ1v) is 10.9. The molecule has 0 aliphatic rings. The number of para-hydroxylation sites is 1. The molecular formula is C24H25N3O4S. The third-order valence-corrected chi connectivity index (χ3v) is 6.19. The summed E-state index contributed by atoms with van der Waals surface area (Å²) in [7, 11) is 6.66. The number of aromatic nitrogens is 1. The van der Waals surface area contributed by atoms with E-state index in [4.69, 9.17) is 14.2 Å². The highest BCUT2D eigenvalue weighted by Gasteiger charge is 2.18. The van der Waals surface area contributed by atoms with Gasteiger partial charge in [-0.05, 0) is 17.5 Å². The highest BCUT2D eigenvalue weighted by Crippen LogP contribution is 2.40. The average Bonchev–Trinajstić information content (AvgIpc) is 3.43. The monoisotopic (exact) mass is 451 g/mol. The molecule has 32 heavy (non-hydrogen) atoms. The van der Waals surface area contributed by atoms with Crippen LogP contribution in [0.5, 0.6) is 17.2 Å². The summed E-state index contributed by atoms with van der Waals surface area (Å²) in [5, 5.41) is 9.01. The number of ether oxygens (including phenoxy) is 3. The molecule has 0 atom stereocenters. The number of nitrogens with one attached hydrogen (secondary N) is 2. The Bertz CT molecular complexity index is 1220. The van der Waals surface area contributed by atoms with Crippen LogP contribution in [0.3, 0.4) is 0 Å². The van der Waals surface area contributed by atoms with Crippen LogP contribution in [0, 0.1) is 0 Å². The summed E-state index contributed by atoms with van der Waals surface area (Å²) in [6.07, 6.45) is 0. The summed E-state index contributed by atoms with van der Waals surface area (Å²) < 4.78 is 18.2. The van der Waals surface area contributed by atoms with Crippen LogP contribution < -0.4 is 24.8 Å². The molecule has 2 aromatic heterocycles. The zero-order valence-corrected chi connectivity index (χ0v) is 19.2. The number of amides is 2. The number of carbonyl (C=O) groups is 1. The Morgan fingerprint density at radius 1 is 1.00 bits per heavy atom. The van der Waals surface area contributed by atoms with Crippen molar-refractivity contribution in [2.45, 2.75) is 6.54 Å². The Morgan fingerprint density at radius 3 is 2.34 bits per heavy atom. The number of carbonyl (C=O) groups excluding carboxylic acids is 1. The fourth-order valence-electron chi connectivity index (χ4n) is 3.88. The number of benzene rings is 2. The van der Waals surface area contributed by atoms with Gasteiger partial charge in [0.25, 0.3) is 0 Å². The fourth-order valence-corrected chi connectivity index (χ4v) is 4.71. The first kappa shape index (κ1) is 21.6. The zero-order valence-electron chi connectivity index (χ0n) is 18.4. The lowest BCUT2D eigenvalue weighted by molar-refractivity contribution is 0.252. The number of aryl methyl sites for hydroxylation is 1. The number of hydrogen-bond donors (Lipinski definition) is 2. The molecule has 0 saturated carbocycles. The SMILES string of the molecule is COc1cc(NC(=O)NCc2c(-c3cccs3)n(C)c3ccccc23)cc(OC)c1OC. The van der Waals surface area contributed by atoms with Gasteiger partial charge >= 0.3 is 6.03 Å². The second-order valence-electron chi connectivity index (χ2n) is 7.10. The van der Waals surface area contributed by atoms with Gasteiger partial charge in [-0.25, -0.2) is 4.79 Å². The molecule has 0 unspecified atom stereocenters. The van der Waals surface area contributed by atoms with Gasteiger partial charge in [0, 0.05) is 42.2 Å². The van der Waals surface area contributed by atoms with Crippen LogP contribution in [0.15, 0.2) is 53.9 Å². The predicted molar refractivity (Wildman–Crippen MR) is 128 cm³/mol. The topological polar surface area (TPSA) is 73.8 Å². The van der Waals surface area contributed by atoms with Crippen molar-refractivity contribution < 1.29 is 19.0 Å². The quantitative estimate of drug-likeness (QED) is 0.402. The molecule has 8 heteroatoms. The van der Waals surface area contributed by atoms with Gasteiger partial charge in [-0.2, -0.15) is 0 Å². The van der Waals surface area contributed by atoms with E-state index in [1.165, 1.54) is 21.3 Å². The first-order valence-electron chi connectivity index (χ1n) is 10.0. The van der Waals surface area contributed by atoms with Crippen molar-refractivity contribution in [3.8, 4) is 27.8 Å². The van der Waals surface area contributed by atoms with Crippen molar-refractivity contribution in [3.05, 3.63) is 59.5 Å². The average molecular weight is 452 g/mol. The van der Waals surface area contributed by atoms with Gasteiger partial charge in [0.15, 0.2) is 11.5 Å². The molecule has 4 aromatic rings. The molecular weight excluding hydrogens is 426 g/mol. The lowest BCUT2D eigenvalue weighted by Crippen LogP contribution is -2.28. The molecule has 0 spiro atoms. The van der Waals surface area contributed by atoms with E-state index in [1.54, 1.807) is 23.5 Å². The minimum atomic E-state index is -0.329. The van der Waals surface area contributed by atoms with Gasteiger partial charge in [0.2, 0.25) is 5.75 Å². The summed E-state index contributed by atoms with van der Waals surface area (Å²) in [4.78, 5) is 13.9.